The van der Waals surface area contributed by atoms with E-state index in [2.05, 4.69) is 187 Å². The highest BCUT2D eigenvalue weighted by atomic mass is 15.0. The van der Waals surface area contributed by atoms with E-state index in [1.54, 1.807) is 0 Å². The van der Waals surface area contributed by atoms with Crippen LogP contribution in [0.25, 0.3) is 104 Å². The molecule has 0 amide bonds. The SMILES string of the molecule is N#Cc1ccc2c(c1)c1ccc(-c3ccc(-c4cc5c6ccccc6c(-c6cccc7ccccc67)cc5c5ccccc45)cc3)cc1n2-c1ccccc1. The van der Waals surface area contributed by atoms with Crippen molar-refractivity contribution in [2.45, 2.75) is 0 Å². The van der Waals surface area contributed by atoms with E-state index in [4.69, 9.17) is 0 Å². The summed E-state index contributed by atoms with van der Waals surface area (Å²) in [6.45, 7) is 0. The molecule has 55 heavy (non-hydrogen) atoms. The zero-order valence-electron chi connectivity index (χ0n) is 29.9. The quantitative estimate of drug-likeness (QED) is 0.168. The molecule has 0 unspecified atom stereocenters. The van der Waals surface area contributed by atoms with Crippen LogP contribution in [0, 0.1) is 11.3 Å². The highest BCUT2D eigenvalue weighted by molar-refractivity contribution is 6.24. The molecule has 0 spiro atoms. The second-order valence-corrected chi connectivity index (χ2v) is 14.4. The van der Waals surface area contributed by atoms with Gasteiger partial charge in [-0.15, -0.1) is 0 Å². The average molecular weight is 697 g/mol. The Morgan fingerprint density at radius 3 is 1.67 bits per heavy atom. The van der Waals surface area contributed by atoms with E-state index in [-0.39, 0.29) is 0 Å². The lowest BCUT2D eigenvalue weighted by atomic mass is 9.86. The van der Waals surface area contributed by atoms with Gasteiger partial charge in [0.25, 0.3) is 0 Å². The monoisotopic (exact) mass is 696 g/mol. The van der Waals surface area contributed by atoms with Crippen LogP contribution in [0.15, 0.2) is 194 Å². The molecule has 2 nitrogen and oxygen atoms in total. The maximum absolute atomic E-state index is 9.68. The summed E-state index contributed by atoms with van der Waals surface area (Å²) in [7, 11) is 0. The molecule has 0 aliphatic heterocycles. The summed E-state index contributed by atoms with van der Waals surface area (Å²) in [5.41, 5.74) is 11.2. The summed E-state index contributed by atoms with van der Waals surface area (Å²) in [6, 6.07) is 72.4. The molecule has 10 aromatic carbocycles. The fourth-order valence-electron chi connectivity index (χ4n) is 8.84. The Bertz CT molecular complexity index is 3360. The molecule has 0 bridgehead atoms. The highest BCUT2D eigenvalue weighted by Crippen LogP contribution is 2.43. The third-order valence-corrected chi connectivity index (χ3v) is 11.4. The predicted molar refractivity (Wildman–Crippen MR) is 232 cm³/mol. The number of hydrogen-bond donors (Lipinski definition) is 0. The number of aromatic nitrogens is 1. The fraction of sp³-hybridized carbons (Fsp3) is 0. The Hall–Kier alpha value is -7.47. The van der Waals surface area contributed by atoms with E-state index in [1.165, 1.54) is 65.3 Å². The van der Waals surface area contributed by atoms with Gasteiger partial charge in [0.05, 0.1) is 22.7 Å². The van der Waals surface area contributed by atoms with Gasteiger partial charge in [-0.3, -0.25) is 0 Å². The zero-order valence-corrected chi connectivity index (χ0v) is 29.9. The molecule has 0 atom stereocenters. The molecule has 11 aromatic rings. The van der Waals surface area contributed by atoms with Gasteiger partial charge >= 0.3 is 0 Å². The molecule has 1 aromatic heterocycles. The summed E-state index contributed by atoms with van der Waals surface area (Å²) < 4.78 is 2.31. The van der Waals surface area contributed by atoms with Crippen LogP contribution in [0.4, 0.5) is 0 Å². The Morgan fingerprint density at radius 2 is 0.927 bits per heavy atom. The van der Waals surface area contributed by atoms with Gasteiger partial charge in [0.2, 0.25) is 0 Å². The van der Waals surface area contributed by atoms with Crippen molar-refractivity contribution in [1.82, 2.24) is 4.57 Å². The lowest BCUT2D eigenvalue weighted by Gasteiger charge is -2.17. The third kappa shape index (κ3) is 4.88. The van der Waals surface area contributed by atoms with E-state index in [0.717, 1.165) is 38.6 Å². The minimum absolute atomic E-state index is 0.666. The van der Waals surface area contributed by atoms with E-state index in [0.29, 0.717) is 5.56 Å². The number of rotatable bonds is 4. The molecule has 0 aliphatic rings. The van der Waals surface area contributed by atoms with Gasteiger partial charge in [0.1, 0.15) is 0 Å². The summed E-state index contributed by atoms with van der Waals surface area (Å²) >= 11 is 0. The topological polar surface area (TPSA) is 28.7 Å². The van der Waals surface area contributed by atoms with Crippen molar-refractivity contribution >= 4 is 64.9 Å². The first-order valence-electron chi connectivity index (χ1n) is 18.7. The second kappa shape index (κ2) is 12.3. The van der Waals surface area contributed by atoms with Crippen LogP contribution < -0.4 is 0 Å². The maximum Gasteiger partial charge on any atom is 0.0991 e. The normalized spacial score (nSPS) is 11.6. The molecule has 0 saturated heterocycles. The van der Waals surface area contributed by atoms with Crippen LogP contribution in [0.1, 0.15) is 5.56 Å². The lowest BCUT2D eigenvalue weighted by molar-refractivity contribution is 1.18. The number of nitriles is 1. The van der Waals surface area contributed by atoms with Crippen LogP contribution in [0.3, 0.4) is 0 Å². The lowest BCUT2D eigenvalue weighted by Crippen LogP contribution is -1.93. The average Bonchev–Trinajstić information content (AvgIpc) is 3.59. The minimum atomic E-state index is 0.666. The van der Waals surface area contributed by atoms with E-state index < -0.39 is 0 Å². The Morgan fingerprint density at radius 1 is 0.327 bits per heavy atom. The first kappa shape index (κ1) is 31.1. The van der Waals surface area contributed by atoms with Crippen LogP contribution in [-0.2, 0) is 0 Å². The van der Waals surface area contributed by atoms with Crippen molar-refractivity contribution in [2.75, 3.05) is 0 Å². The van der Waals surface area contributed by atoms with Crippen LogP contribution >= 0.6 is 0 Å². The highest BCUT2D eigenvalue weighted by Gasteiger charge is 2.17. The molecule has 0 radical (unpaired) electrons. The van der Waals surface area contributed by atoms with Crippen LogP contribution in [0.5, 0.6) is 0 Å². The van der Waals surface area contributed by atoms with E-state index >= 15 is 0 Å². The van der Waals surface area contributed by atoms with Crippen LogP contribution in [-0.4, -0.2) is 4.57 Å². The Balaban J connectivity index is 1.07. The summed E-state index contributed by atoms with van der Waals surface area (Å²) in [4.78, 5) is 0. The fourth-order valence-corrected chi connectivity index (χ4v) is 8.84. The molecule has 0 saturated carbocycles. The first-order valence-corrected chi connectivity index (χ1v) is 18.7. The largest absolute Gasteiger partial charge is 0.309 e. The van der Waals surface area contributed by atoms with Crippen LogP contribution in [0.2, 0.25) is 0 Å². The second-order valence-electron chi connectivity index (χ2n) is 14.4. The number of hydrogen-bond acceptors (Lipinski definition) is 1. The molecule has 0 aliphatic carbocycles. The summed E-state index contributed by atoms with van der Waals surface area (Å²) in [5, 5.41) is 22.0. The number of benzene rings is 10. The Labute approximate surface area is 318 Å². The number of para-hydroxylation sites is 1. The molecule has 1 heterocycles. The molecule has 11 rings (SSSR count). The van der Waals surface area contributed by atoms with Crippen molar-refractivity contribution in [3.63, 3.8) is 0 Å². The molecule has 0 N–H and O–H groups in total. The van der Waals surface area contributed by atoms with Crippen molar-refractivity contribution in [3.8, 4) is 45.1 Å². The van der Waals surface area contributed by atoms with Crippen molar-refractivity contribution in [1.29, 1.82) is 5.26 Å². The summed E-state index contributed by atoms with van der Waals surface area (Å²) in [5.74, 6) is 0. The summed E-state index contributed by atoms with van der Waals surface area (Å²) in [6.07, 6.45) is 0. The number of nitrogens with zero attached hydrogens (tertiary/aromatic N) is 2. The first-order chi connectivity index (χ1) is 27.2. The van der Waals surface area contributed by atoms with Gasteiger partial charge in [-0.2, -0.15) is 5.26 Å². The van der Waals surface area contributed by atoms with E-state index in [9.17, 15) is 5.26 Å². The predicted octanol–water partition coefficient (Wildman–Crippen LogP) is 14.3. The van der Waals surface area contributed by atoms with Gasteiger partial charge in [0.15, 0.2) is 0 Å². The van der Waals surface area contributed by atoms with Crippen molar-refractivity contribution in [2.24, 2.45) is 0 Å². The molecule has 2 heteroatoms. The Kier molecular flexibility index (Phi) is 6.96. The van der Waals surface area contributed by atoms with Crippen molar-refractivity contribution < 1.29 is 0 Å². The molecular formula is C53H32N2. The van der Waals surface area contributed by atoms with Gasteiger partial charge in [-0.25, -0.2) is 0 Å². The van der Waals surface area contributed by atoms with Gasteiger partial charge in [-0.05, 0) is 125 Å². The van der Waals surface area contributed by atoms with E-state index in [1.807, 2.05) is 18.2 Å². The number of fused-ring (bicyclic) bond motifs is 9. The maximum atomic E-state index is 9.68. The molecule has 0 fully saturated rings. The van der Waals surface area contributed by atoms with Gasteiger partial charge < -0.3 is 4.57 Å². The van der Waals surface area contributed by atoms with Crippen molar-refractivity contribution in [3.05, 3.63) is 200 Å². The standard InChI is InChI=1S/C53H32N2/c54-33-34-21-28-52-51(29-34)46-27-26-38(30-53(46)55(52)39-13-2-1-3-14-39)35-22-24-37(25-23-35)47-31-49-45-19-9-8-18-44(45)48(32-50(49)43-17-7-6-16-42(43)47)41-20-10-12-36-11-4-5-15-40(36)41/h1-32H. The van der Waals surface area contributed by atoms with Gasteiger partial charge in [0, 0.05) is 16.5 Å². The smallest absolute Gasteiger partial charge is 0.0991 e. The molecule has 254 valence electrons. The minimum Gasteiger partial charge on any atom is -0.309 e. The van der Waals surface area contributed by atoms with Gasteiger partial charge in [-0.1, -0.05) is 146 Å². The third-order valence-electron chi connectivity index (χ3n) is 11.4. The zero-order chi connectivity index (χ0) is 36.5. The molecular weight excluding hydrogens is 665 g/mol.